The van der Waals surface area contributed by atoms with Crippen molar-refractivity contribution in [1.82, 2.24) is 14.9 Å². The first-order valence-electron chi connectivity index (χ1n) is 8.30. The highest BCUT2D eigenvalue weighted by Crippen LogP contribution is 2.31. The summed E-state index contributed by atoms with van der Waals surface area (Å²) < 4.78 is 0. The Morgan fingerprint density at radius 1 is 1.29 bits per heavy atom. The molecule has 1 amide bonds. The molecule has 4 rings (SSSR count). The Hall–Kier alpha value is -2.15. The largest absolute Gasteiger partial charge is 0.480 e. The molecule has 24 heavy (non-hydrogen) atoms. The minimum Gasteiger partial charge on any atom is -0.480 e. The summed E-state index contributed by atoms with van der Waals surface area (Å²) in [4.78, 5) is 35.2. The van der Waals surface area contributed by atoms with Gasteiger partial charge in [0.1, 0.15) is 6.04 Å². The van der Waals surface area contributed by atoms with Gasteiger partial charge in [0.05, 0.1) is 29.1 Å². The van der Waals surface area contributed by atoms with E-state index in [1.165, 1.54) is 39.5 Å². The van der Waals surface area contributed by atoms with E-state index in [9.17, 15) is 14.7 Å². The molecule has 0 saturated carbocycles. The Morgan fingerprint density at radius 3 is 2.96 bits per heavy atom. The molecule has 6 nitrogen and oxygen atoms in total. The molecule has 0 unspecified atom stereocenters. The molecule has 0 radical (unpaired) electrons. The smallest absolute Gasteiger partial charge is 0.326 e. The zero-order valence-electron chi connectivity index (χ0n) is 13.2. The highest BCUT2D eigenvalue weighted by molar-refractivity contribution is 7.14. The van der Waals surface area contributed by atoms with E-state index in [4.69, 9.17) is 0 Å². The van der Waals surface area contributed by atoms with Crippen LogP contribution in [0.15, 0.2) is 12.4 Å². The zero-order chi connectivity index (χ0) is 16.7. The number of carboxylic acid groups (broad SMARTS) is 1. The fourth-order valence-corrected chi connectivity index (χ4v) is 4.79. The predicted octanol–water partition coefficient (Wildman–Crippen LogP) is 2.39. The molecule has 2 aromatic heterocycles. The quantitative estimate of drug-likeness (QED) is 0.818. The number of aryl methyl sites for hydroxylation is 2. The summed E-state index contributed by atoms with van der Waals surface area (Å²) in [5.74, 6) is -1.16. The number of amides is 1. The molecule has 1 aliphatic heterocycles. The van der Waals surface area contributed by atoms with Crippen molar-refractivity contribution in [3.8, 4) is 0 Å². The van der Waals surface area contributed by atoms with Crippen LogP contribution in [-0.2, 0) is 30.6 Å². The van der Waals surface area contributed by atoms with E-state index in [2.05, 4.69) is 9.97 Å². The van der Waals surface area contributed by atoms with Crippen molar-refractivity contribution < 1.29 is 14.7 Å². The number of thiophene rings is 1. The lowest BCUT2D eigenvalue weighted by molar-refractivity contribution is -0.142. The summed E-state index contributed by atoms with van der Waals surface area (Å²) in [5, 5.41) is 9.54. The molecule has 0 saturated heterocycles. The first-order valence-corrected chi connectivity index (χ1v) is 9.11. The number of aromatic amines is 1. The van der Waals surface area contributed by atoms with Crippen molar-refractivity contribution in [2.75, 3.05) is 0 Å². The average molecular weight is 345 g/mol. The minimum absolute atomic E-state index is 0.180. The molecule has 0 fully saturated rings. The molecule has 2 aromatic rings. The van der Waals surface area contributed by atoms with Crippen molar-refractivity contribution in [3.63, 3.8) is 0 Å². The summed E-state index contributed by atoms with van der Waals surface area (Å²) in [5.41, 5.74) is 2.85. The SMILES string of the molecule is O=C(O)[C@@H]1Cc2nc[nH]c2CN1C(=O)c1cc2c(s1)CCCCC2. The number of rotatable bonds is 2. The van der Waals surface area contributed by atoms with Gasteiger partial charge >= 0.3 is 5.97 Å². The summed E-state index contributed by atoms with van der Waals surface area (Å²) in [6, 6.07) is 1.13. The van der Waals surface area contributed by atoms with Crippen LogP contribution >= 0.6 is 11.3 Å². The maximum atomic E-state index is 13.0. The number of aliphatic carboxylic acids is 1. The number of carboxylic acids is 1. The molecule has 3 heterocycles. The van der Waals surface area contributed by atoms with Crippen LogP contribution < -0.4 is 0 Å². The second kappa shape index (κ2) is 6.05. The van der Waals surface area contributed by atoms with E-state index >= 15 is 0 Å². The lowest BCUT2D eigenvalue weighted by Gasteiger charge is -2.32. The molecule has 0 spiro atoms. The monoisotopic (exact) mass is 345 g/mol. The molecule has 2 aliphatic rings. The van der Waals surface area contributed by atoms with Gasteiger partial charge in [-0.25, -0.2) is 9.78 Å². The molecule has 1 aliphatic carbocycles. The van der Waals surface area contributed by atoms with Crippen molar-refractivity contribution in [2.24, 2.45) is 0 Å². The highest BCUT2D eigenvalue weighted by atomic mass is 32.1. The van der Waals surface area contributed by atoms with E-state index in [1.807, 2.05) is 6.07 Å². The summed E-state index contributed by atoms with van der Waals surface area (Å²) in [6.07, 6.45) is 7.43. The number of hydrogen-bond donors (Lipinski definition) is 2. The van der Waals surface area contributed by atoms with Crippen molar-refractivity contribution >= 4 is 23.2 Å². The third kappa shape index (κ3) is 2.62. The number of aromatic nitrogens is 2. The summed E-state index contributed by atoms with van der Waals surface area (Å²) >= 11 is 1.54. The van der Waals surface area contributed by atoms with Gasteiger partial charge in [0.15, 0.2) is 0 Å². The van der Waals surface area contributed by atoms with Crippen LogP contribution in [-0.4, -0.2) is 37.9 Å². The van der Waals surface area contributed by atoms with Crippen LogP contribution in [0.5, 0.6) is 0 Å². The maximum Gasteiger partial charge on any atom is 0.326 e. The fourth-order valence-electron chi connectivity index (χ4n) is 3.58. The summed E-state index contributed by atoms with van der Waals surface area (Å²) in [7, 11) is 0. The second-order valence-corrected chi connectivity index (χ2v) is 7.58. The van der Waals surface area contributed by atoms with Crippen LogP contribution in [0.4, 0.5) is 0 Å². The normalized spacial score (nSPS) is 20.2. The molecule has 1 atom stereocenters. The molecular weight excluding hydrogens is 326 g/mol. The van der Waals surface area contributed by atoms with Crippen LogP contribution in [0.1, 0.15) is 50.8 Å². The Labute approximate surface area is 143 Å². The first kappa shape index (κ1) is 15.4. The second-order valence-electron chi connectivity index (χ2n) is 6.44. The Balaban J connectivity index is 1.64. The lowest BCUT2D eigenvalue weighted by Crippen LogP contribution is -2.48. The number of imidazole rings is 1. The van der Waals surface area contributed by atoms with E-state index in [0.29, 0.717) is 4.88 Å². The number of nitrogens with zero attached hydrogens (tertiary/aromatic N) is 2. The van der Waals surface area contributed by atoms with Gasteiger partial charge in [0.2, 0.25) is 0 Å². The van der Waals surface area contributed by atoms with Gasteiger partial charge in [-0.15, -0.1) is 11.3 Å². The van der Waals surface area contributed by atoms with Gasteiger partial charge in [-0.05, 0) is 37.3 Å². The average Bonchev–Trinajstić information content (AvgIpc) is 3.14. The number of fused-ring (bicyclic) bond motifs is 2. The molecule has 126 valence electrons. The van der Waals surface area contributed by atoms with Crippen LogP contribution in [0, 0.1) is 0 Å². The van der Waals surface area contributed by atoms with E-state index in [-0.39, 0.29) is 18.9 Å². The third-order valence-electron chi connectivity index (χ3n) is 4.90. The predicted molar refractivity (Wildman–Crippen MR) is 89.2 cm³/mol. The molecular formula is C17H19N3O3S. The summed E-state index contributed by atoms with van der Waals surface area (Å²) in [6.45, 7) is 0.272. The molecule has 2 N–H and O–H groups in total. The molecule has 7 heteroatoms. The molecule has 0 bridgehead atoms. The van der Waals surface area contributed by atoms with Crippen LogP contribution in [0.2, 0.25) is 0 Å². The van der Waals surface area contributed by atoms with Crippen molar-refractivity contribution in [1.29, 1.82) is 0 Å². The lowest BCUT2D eigenvalue weighted by atomic mass is 10.0. The number of hydrogen-bond acceptors (Lipinski definition) is 4. The van der Waals surface area contributed by atoms with Crippen LogP contribution in [0.3, 0.4) is 0 Å². The van der Waals surface area contributed by atoms with E-state index < -0.39 is 12.0 Å². The van der Waals surface area contributed by atoms with Crippen molar-refractivity contribution in [3.05, 3.63) is 39.1 Å². The van der Waals surface area contributed by atoms with Gasteiger partial charge in [0, 0.05) is 11.3 Å². The van der Waals surface area contributed by atoms with E-state index in [1.54, 1.807) is 6.33 Å². The minimum atomic E-state index is -0.977. The van der Waals surface area contributed by atoms with Crippen molar-refractivity contribution in [2.45, 2.75) is 51.1 Å². The Kier molecular flexibility index (Phi) is 3.88. The maximum absolute atomic E-state index is 13.0. The number of carbonyl (C=O) groups excluding carboxylic acids is 1. The van der Waals surface area contributed by atoms with Gasteiger partial charge in [0.25, 0.3) is 5.91 Å². The number of carbonyl (C=O) groups is 2. The molecule has 0 aromatic carbocycles. The third-order valence-corrected chi connectivity index (χ3v) is 6.13. The standard InChI is InChI=1S/C17H19N3O3S/c21-16(15-6-10-4-2-1-3-5-14(10)24-15)20-8-12-11(18-9-19-12)7-13(20)17(22)23/h6,9,13H,1-5,7-8H2,(H,18,19)(H,22,23)/t13-/m0/s1. The van der Waals surface area contributed by atoms with Crippen LogP contribution in [0.25, 0.3) is 0 Å². The number of nitrogens with one attached hydrogen (secondary N) is 1. The van der Waals surface area contributed by atoms with Gasteiger partial charge < -0.3 is 15.0 Å². The van der Waals surface area contributed by atoms with Gasteiger partial charge in [-0.3, -0.25) is 4.79 Å². The highest BCUT2D eigenvalue weighted by Gasteiger charge is 2.37. The Bertz CT molecular complexity index is 771. The van der Waals surface area contributed by atoms with Gasteiger partial charge in [-0.2, -0.15) is 0 Å². The topological polar surface area (TPSA) is 86.3 Å². The zero-order valence-corrected chi connectivity index (χ0v) is 14.1. The number of H-pyrrole nitrogens is 1. The van der Waals surface area contributed by atoms with E-state index in [0.717, 1.165) is 30.7 Å². The fraction of sp³-hybridized carbons (Fsp3) is 0.471. The van der Waals surface area contributed by atoms with Gasteiger partial charge in [-0.1, -0.05) is 6.42 Å². The first-order chi connectivity index (χ1) is 11.6. The Morgan fingerprint density at radius 2 is 2.12 bits per heavy atom.